The molecule has 0 saturated heterocycles. The maximum atomic E-state index is 14.1. The minimum Gasteiger partial charge on any atom is -0.780 e. The fraction of sp³-hybridized carbons (Fsp3) is 0.188. The first-order valence-electron chi connectivity index (χ1n) is 12.6. The molecule has 0 amide bonds. The molecule has 2 aliphatic carbocycles. The number of rotatable bonds is 2. The largest absolute Gasteiger partial charge is 1.00 e. The number of hydrogen-bond acceptors (Lipinski definition) is 4. The van der Waals surface area contributed by atoms with Crippen LogP contribution >= 0.6 is 11.8 Å². The summed E-state index contributed by atoms with van der Waals surface area (Å²) in [5.41, 5.74) is 1.76. The van der Waals surface area contributed by atoms with Gasteiger partial charge >= 0.3 is 51.4 Å². The van der Waals surface area contributed by atoms with Gasteiger partial charge in [0.25, 0.3) is 0 Å². The molecule has 0 aromatic heterocycles. The number of fused-ring (bicyclic) bond motifs is 2. The summed E-state index contributed by atoms with van der Waals surface area (Å²) < 4.78 is 39.9. The van der Waals surface area contributed by atoms with Gasteiger partial charge in [-0.25, -0.2) is 13.2 Å². The van der Waals surface area contributed by atoms with Crippen LogP contribution < -0.4 is 51.4 Å². The normalized spacial score (nSPS) is 13.4. The summed E-state index contributed by atoms with van der Waals surface area (Å²) in [5, 5.41) is 0. The summed E-state index contributed by atoms with van der Waals surface area (Å²) in [6.45, 7) is 0. The van der Waals surface area contributed by atoms with Crippen molar-refractivity contribution in [2.45, 2.75) is 53.2 Å². The van der Waals surface area contributed by atoms with Gasteiger partial charge in [-0.15, -0.1) is 0 Å². The van der Waals surface area contributed by atoms with Crippen LogP contribution in [-0.2, 0) is 25.5 Å². The Balaban J connectivity index is 0.000000182. The molecule has 4 aromatic rings. The molecule has 2 nitrogen and oxygen atoms in total. The topological polar surface area (TPSA) is 34.1 Å². The number of aryl methyl sites for hydroxylation is 2. The van der Waals surface area contributed by atoms with Crippen LogP contribution in [0.5, 0.6) is 0 Å². The van der Waals surface area contributed by atoms with E-state index in [-0.39, 0.29) is 74.3 Å². The Bertz CT molecular complexity index is 1460. The van der Waals surface area contributed by atoms with Gasteiger partial charge in [-0.1, -0.05) is 60.3 Å². The van der Waals surface area contributed by atoms with Gasteiger partial charge in [0.15, 0.2) is 11.6 Å². The predicted molar refractivity (Wildman–Crippen MR) is 150 cm³/mol. The predicted octanol–water partition coefficient (Wildman–Crippen LogP) is 5.58. The van der Waals surface area contributed by atoms with Crippen LogP contribution in [0.15, 0.2) is 99.6 Å². The Hall–Kier alpha value is -1.78. The summed E-state index contributed by atoms with van der Waals surface area (Å²) >= 11 is 6.34. The first-order valence-corrected chi connectivity index (χ1v) is 13.9. The SMILES string of the molecule is O=C1CCCc2cc(F)cc(F)c21.O=C1CCCc2cc(Sc3ccccc3)cc(F)c21.[K+].[S-]c1ccccc1. The molecule has 0 atom stereocenters. The number of Topliss-reactive ketones (excluding diaryl/α,β-unsaturated/α-hetero) is 2. The standard InChI is InChI=1S/C16H13FOS.C10H8F2O.C6H6S.K/c17-14-10-13(19-12-6-2-1-3-7-12)9-11-5-4-8-15(18)16(11)14;11-7-4-6-2-1-3-9(13)10(6)8(12)5-7;7-6-4-2-1-3-5-6;/h1-3,6-7,9-10H,4-5,8H2;4-5H,1-3H2;1-5,7H;/q;;;+1/p-1. The second-order valence-corrected chi connectivity index (χ2v) is 10.8. The number of carbonyl (C=O) groups is 2. The van der Waals surface area contributed by atoms with Crippen LogP contribution in [0.1, 0.15) is 57.5 Å². The van der Waals surface area contributed by atoms with Crippen molar-refractivity contribution < 1.29 is 74.1 Å². The van der Waals surface area contributed by atoms with Gasteiger partial charge < -0.3 is 12.6 Å². The smallest absolute Gasteiger partial charge is 0.780 e. The Morgan fingerprint density at radius 3 is 1.62 bits per heavy atom. The molecule has 0 saturated carbocycles. The van der Waals surface area contributed by atoms with Gasteiger partial charge in [0.1, 0.15) is 17.5 Å². The molecule has 0 N–H and O–H groups in total. The van der Waals surface area contributed by atoms with E-state index < -0.39 is 11.6 Å². The van der Waals surface area contributed by atoms with Crippen molar-refractivity contribution in [3.05, 3.63) is 125 Å². The van der Waals surface area contributed by atoms with Gasteiger partial charge in [-0.3, -0.25) is 9.59 Å². The third kappa shape index (κ3) is 9.11. The maximum Gasteiger partial charge on any atom is 1.00 e. The first-order chi connectivity index (χ1) is 18.8. The third-order valence-corrected chi connectivity index (χ3v) is 7.51. The van der Waals surface area contributed by atoms with E-state index in [0.29, 0.717) is 36.8 Å². The van der Waals surface area contributed by atoms with Gasteiger partial charge in [0.2, 0.25) is 0 Å². The minimum atomic E-state index is -0.722. The van der Waals surface area contributed by atoms with Crippen molar-refractivity contribution in [1.29, 1.82) is 0 Å². The fourth-order valence-electron chi connectivity index (χ4n) is 4.51. The minimum absolute atomic E-state index is 0. The zero-order valence-corrected chi connectivity index (χ0v) is 26.8. The number of benzene rings is 4. The van der Waals surface area contributed by atoms with Crippen molar-refractivity contribution in [3.8, 4) is 0 Å². The van der Waals surface area contributed by atoms with E-state index in [0.717, 1.165) is 39.2 Å². The zero-order valence-electron chi connectivity index (χ0n) is 22.1. The quantitative estimate of drug-likeness (QED) is 0.222. The number of carbonyl (C=O) groups excluding carboxylic acids is 2. The van der Waals surface area contributed by atoms with E-state index >= 15 is 0 Å². The van der Waals surface area contributed by atoms with E-state index in [1.165, 1.54) is 23.9 Å². The van der Waals surface area contributed by atoms with Crippen molar-refractivity contribution in [2.24, 2.45) is 0 Å². The molecular weight excluding hydrogens is 577 g/mol. The summed E-state index contributed by atoms with van der Waals surface area (Å²) in [5.74, 6) is -1.97. The second kappa shape index (κ2) is 16.0. The molecule has 0 aliphatic heterocycles. The van der Waals surface area contributed by atoms with E-state index in [1.807, 2.05) is 66.7 Å². The average Bonchev–Trinajstić information content (AvgIpc) is 2.90. The van der Waals surface area contributed by atoms with E-state index in [1.54, 1.807) is 0 Å². The van der Waals surface area contributed by atoms with Gasteiger partial charge in [-0.05, 0) is 67.1 Å². The van der Waals surface area contributed by atoms with Gasteiger partial charge in [-0.2, -0.15) is 4.90 Å². The van der Waals surface area contributed by atoms with Crippen LogP contribution in [0.4, 0.5) is 13.2 Å². The Labute approximate surface area is 285 Å². The summed E-state index contributed by atoms with van der Waals surface area (Å²) in [4.78, 5) is 25.8. The van der Waals surface area contributed by atoms with E-state index in [2.05, 4.69) is 0 Å². The average molecular weight is 603 g/mol. The van der Waals surface area contributed by atoms with E-state index in [9.17, 15) is 22.8 Å². The van der Waals surface area contributed by atoms with Crippen LogP contribution in [0.3, 0.4) is 0 Å². The molecule has 8 heteroatoms. The maximum absolute atomic E-state index is 14.1. The number of halogens is 3. The summed E-state index contributed by atoms with van der Waals surface area (Å²) in [6, 6.07) is 24.9. The molecule has 0 bridgehead atoms. The first kappa shape index (κ1) is 32.7. The van der Waals surface area contributed by atoms with Crippen LogP contribution in [0, 0.1) is 17.5 Å². The molecule has 200 valence electrons. The van der Waals surface area contributed by atoms with E-state index in [4.69, 9.17) is 12.6 Å². The molecule has 40 heavy (non-hydrogen) atoms. The molecule has 0 heterocycles. The molecule has 0 fully saturated rings. The molecule has 6 rings (SSSR count). The van der Waals surface area contributed by atoms with Crippen molar-refractivity contribution in [3.63, 3.8) is 0 Å². The molecular formula is C32H26F3KO2S2. The van der Waals surface area contributed by atoms with Crippen LogP contribution in [0.2, 0.25) is 0 Å². The van der Waals surface area contributed by atoms with Crippen LogP contribution in [0.25, 0.3) is 0 Å². The Kier molecular flexibility index (Phi) is 13.1. The molecule has 2 aliphatic rings. The third-order valence-electron chi connectivity index (χ3n) is 6.26. The van der Waals surface area contributed by atoms with Crippen molar-refractivity contribution in [2.75, 3.05) is 0 Å². The fourth-order valence-corrected chi connectivity index (χ4v) is 5.60. The molecule has 0 unspecified atom stereocenters. The number of ketones is 2. The Morgan fingerprint density at radius 1 is 0.600 bits per heavy atom. The number of hydrogen-bond donors (Lipinski definition) is 0. The Morgan fingerprint density at radius 2 is 1.10 bits per heavy atom. The molecule has 0 radical (unpaired) electrons. The monoisotopic (exact) mass is 602 g/mol. The zero-order chi connectivity index (χ0) is 27.8. The summed E-state index contributed by atoms with van der Waals surface area (Å²) in [7, 11) is 0. The summed E-state index contributed by atoms with van der Waals surface area (Å²) in [6.07, 6.45) is 3.74. The van der Waals surface area contributed by atoms with Gasteiger partial charge in [0.05, 0.1) is 11.1 Å². The molecule has 0 spiro atoms. The second-order valence-electron chi connectivity index (χ2n) is 9.14. The van der Waals surface area contributed by atoms with Gasteiger partial charge in [0, 0.05) is 28.7 Å². The van der Waals surface area contributed by atoms with Crippen LogP contribution in [-0.4, -0.2) is 11.6 Å². The van der Waals surface area contributed by atoms with Crippen molar-refractivity contribution in [1.82, 2.24) is 0 Å². The van der Waals surface area contributed by atoms with Crippen molar-refractivity contribution >= 4 is 36.0 Å². The molecule has 4 aromatic carbocycles.